The SMILES string of the molecule is CCNC(=O)c1cccc(NC(=O)c2cc3c(F)cccc3s2)c1. The third-order valence-corrected chi connectivity index (χ3v) is 4.55. The molecule has 6 heteroatoms. The zero-order chi connectivity index (χ0) is 17.1. The molecule has 2 amide bonds. The van der Waals surface area contributed by atoms with E-state index < -0.39 is 0 Å². The van der Waals surface area contributed by atoms with Crippen molar-refractivity contribution in [2.75, 3.05) is 11.9 Å². The number of benzene rings is 2. The average molecular weight is 342 g/mol. The summed E-state index contributed by atoms with van der Waals surface area (Å²) in [5.41, 5.74) is 0.985. The number of nitrogens with one attached hydrogen (secondary N) is 2. The van der Waals surface area contributed by atoms with Crippen LogP contribution >= 0.6 is 11.3 Å². The van der Waals surface area contributed by atoms with Gasteiger partial charge in [-0.2, -0.15) is 0 Å². The van der Waals surface area contributed by atoms with Crippen molar-refractivity contribution in [1.82, 2.24) is 5.32 Å². The van der Waals surface area contributed by atoms with E-state index in [1.807, 2.05) is 6.92 Å². The summed E-state index contributed by atoms with van der Waals surface area (Å²) in [6, 6.07) is 13.0. The highest BCUT2D eigenvalue weighted by atomic mass is 32.1. The quantitative estimate of drug-likeness (QED) is 0.752. The van der Waals surface area contributed by atoms with Crippen LogP contribution in [0.5, 0.6) is 0 Å². The van der Waals surface area contributed by atoms with Gasteiger partial charge < -0.3 is 10.6 Å². The van der Waals surface area contributed by atoms with Crippen molar-refractivity contribution < 1.29 is 14.0 Å². The number of halogens is 1. The molecule has 0 atom stereocenters. The van der Waals surface area contributed by atoms with Crippen molar-refractivity contribution in [3.05, 3.63) is 64.8 Å². The lowest BCUT2D eigenvalue weighted by Crippen LogP contribution is -2.22. The van der Waals surface area contributed by atoms with E-state index in [0.717, 1.165) is 4.70 Å². The number of carbonyl (C=O) groups is 2. The standard InChI is InChI=1S/C18H15FN2O2S/c1-2-20-17(22)11-5-3-6-12(9-11)21-18(23)16-10-13-14(19)7-4-8-15(13)24-16/h3-10H,2H2,1H3,(H,20,22)(H,21,23). The fourth-order valence-electron chi connectivity index (χ4n) is 2.33. The third kappa shape index (κ3) is 3.28. The van der Waals surface area contributed by atoms with Crippen LogP contribution in [0, 0.1) is 5.82 Å². The molecule has 2 N–H and O–H groups in total. The fourth-order valence-corrected chi connectivity index (χ4v) is 3.30. The molecule has 0 radical (unpaired) electrons. The van der Waals surface area contributed by atoms with Gasteiger partial charge in [0.1, 0.15) is 5.82 Å². The second-order valence-corrected chi connectivity index (χ2v) is 6.24. The summed E-state index contributed by atoms with van der Waals surface area (Å²) < 4.78 is 14.5. The zero-order valence-electron chi connectivity index (χ0n) is 12.9. The van der Waals surface area contributed by atoms with Crippen LogP contribution < -0.4 is 10.6 Å². The maximum atomic E-state index is 13.7. The molecular weight excluding hydrogens is 327 g/mol. The normalized spacial score (nSPS) is 10.6. The fraction of sp³-hybridized carbons (Fsp3) is 0.111. The van der Waals surface area contributed by atoms with Crippen LogP contribution in [-0.4, -0.2) is 18.4 Å². The monoisotopic (exact) mass is 342 g/mol. The number of thiophene rings is 1. The number of hydrogen-bond donors (Lipinski definition) is 2. The van der Waals surface area contributed by atoms with E-state index >= 15 is 0 Å². The van der Waals surface area contributed by atoms with Gasteiger partial charge in [0.15, 0.2) is 0 Å². The first kappa shape index (κ1) is 16.1. The highest BCUT2D eigenvalue weighted by Gasteiger charge is 2.13. The van der Waals surface area contributed by atoms with E-state index in [-0.39, 0.29) is 17.6 Å². The minimum atomic E-state index is -0.346. The molecule has 2 aromatic carbocycles. The second-order valence-electron chi connectivity index (χ2n) is 5.16. The van der Waals surface area contributed by atoms with E-state index in [4.69, 9.17) is 0 Å². The van der Waals surface area contributed by atoms with E-state index in [1.54, 1.807) is 36.4 Å². The van der Waals surface area contributed by atoms with E-state index in [0.29, 0.717) is 28.1 Å². The molecule has 0 saturated carbocycles. The number of carbonyl (C=O) groups excluding carboxylic acids is 2. The van der Waals surface area contributed by atoms with Crippen molar-refractivity contribution in [3.63, 3.8) is 0 Å². The predicted molar refractivity (Wildman–Crippen MR) is 94.2 cm³/mol. The summed E-state index contributed by atoms with van der Waals surface area (Å²) in [5, 5.41) is 5.89. The molecule has 0 bridgehead atoms. The first-order valence-corrected chi connectivity index (χ1v) is 8.28. The third-order valence-electron chi connectivity index (χ3n) is 3.45. The summed E-state index contributed by atoms with van der Waals surface area (Å²) in [6.07, 6.45) is 0. The van der Waals surface area contributed by atoms with Crippen molar-refractivity contribution >= 4 is 38.9 Å². The Morgan fingerprint density at radius 1 is 1.08 bits per heavy atom. The van der Waals surface area contributed by atoms with E-state index in [2.05, 4.69) is 10.6 Å². The Kier molecular flexibility index (Phi) is 4.57. The Morgan fingerprint density at radius 2 is 1.88 bits per heavy atom. The van der Waals surface area contributed by atoms with Gasteiger partial charge >= 0.3 is 0 Å². The Labute approximate surface area is 142 Å². The molecule has 122 valence electrons. The lowest BCUT2D eigenvalue weighted by molar-refractivity contribution is 0.0954. The van der Waals surface area contributed by atoms with Crippen LogP contribution in [0.25, 0.3) is 10.1 Å². The van der Waals surface area contributed by atoms with Crippen LogP contribution in [0.4, 0.5) is 10.1 Å². The predicted octanol–water partition coefficient (Wildman–Crippen LogP) is 4.04. The maximum Gasteiger partial charge on any atom is 0.265 e. The van der Waals surface area contributed by atoms with Gasteiger partial charge in [0, 0.05) is 27.9 Å². The smallest absolute Gasteiger partial charge is 0.265 e. The van der Waals surface area contributed by atoms with Gasteiger partial charge in [0.25, 0.3) is 11.8 Å². The van der Waals surface area contributed by atoms with Gasteiger partial charge in [0.2, 0.25) is 0 Å². The first-order valence-electron chi connectivity index (χ1n) is 7.46. The maximum absolute atomic E-state index is 13.7. The topological polar surface area (TPSA) is 58.2 Å². The first-order chi connectivity index (χ1) is 11.6. The molecule has 0 unspecified atom stereocenters. The van der Waals surface area contributed by atoms with Gasteiger partial charge in [-0.15, -0.1) is 11.3 Å². The largest absolute Gasteiger partial charge is 0.352 e. The summed E-state index contributed by atoms with van der Waals surface area (Å²) in [7, 11) is 0. The number of anilines is 1. The molecule has 1 heterocycles. The highest BCUT2D eigenvalue weighted by Crippen LogP contribution is 2.28. The Hall–Kier alpha value is -2.73. The summed E-state index contributed by atoms with van der Waals surface area (Å²) in [5.74, 6) is -0.873. The molecule has 1 aromatic heterocycles. The Bertz CT molecular complexity index is 920. The van der Waals surface area contributed by atoms with Gasteiger partial charge in [-0.1, -0.05) is 12.1 Å². The van der Waals surface area contributed by atoms with E-state index in [9.17, 15) is 14.0 Å². The Balaban J connectivity index is 1.82. The van der Waals surface area contributed by atoms with Gasteiger partial charge in [-0.25, -0.2) is 4.39 Å². The molecule has 0 saturated heterocycles. The average Bonchev–Trinajstić information content (AvgIpc) is 3.01. The second kappa shape index (κ2) is 6.80. The molecule has 4 nitrogen and oxygen atoms in total. The minimum Gasteiger partial charge on any atom is -0.352 e. The van der Waals surface area contributed by atoms with Crippen LogP contribution in [-0.2, 0) is 0 Å². The number of rotatable bonds is 4. The summed E-state index contributed by atoms with van der Waals surface area (Å²) in [4.78, 5) is 24.6. The van der Waals surface area contributed by atoms with Crippen molar-refractivity contribution in [3.8, 4) is 0 Å². The van der Waals surface area contributed by atoms with Crippen LogP contribution in [0.2, 0.25) is 0 Å². The number of amides is 2. The lowest BCUT2D eigenvalue weighted by atomic mass is 10.2. The van der Waals surface area contributed by atoms with Crippen LogP contribution in [0.1, 0.15) is 27.0 Å². The van der Waals surface area contributed by atoms with Gasteiger partial charge in [-0.05, 0) is 43.3 Å². The molecule has 0 fully saturated rings. The molecule has 0 spiro atoms. The van der Waals surface area contributed by atoms with Crippen molar-refractivity contribution in [2.24, 2.45) is 0 Å². The molecule has 3 aromatic rings. The number of hydrogen-bond acceptors (Lipinski definition) is 3. The van der Waals surface area contributed by atoms with Gasteiger partial charge in [0.05, 0.1) is 4.88 Å². The lowest BCUT2D eigenvalue weighted by Gasteiger charge is -2.06. The molecule has 24 heavy (non-hydrogen) atoms. The highest BCUT2D eigenvalue weighted by molar-refractivity contribution is 7.20. The molecule has 0 aliphatic rings. The van der Waals surface area contributed by atoms with Gasteiger partial charge in [-0.3, -0.25) is 9.59 Å². The molecule has 0 aliphatic heterocycles. The van der Waals surface area contributed by atoms with E-state index in [1.165, 1.54) is 23.5 Å². The molecule has 3 rings (SSSR count). The zero-order valence-corrected chi connectivity index (χ0v) is 13.7. The number of fused-ring (bicyclic) bond motifs is 1. The molecule has 0 aliphatic carbocycles. The van der Waals surface area contributed by atoms with Crippen LogP contribution in [0.3, 0.4) is 0 Å². The van der Waals surface area contributed by atoms with Crippen molar-refractivity contribution in [1.29, 1.82) is 0 Å². The minimum absolute atomic E-state index is 0.197. The van der Waals surface area contributed by atoms with Crippen LogP contribution in [0.15, 0.2) is 48.5 Å². The summed E-state index contributed by atoms with van der Waals surface area (Å²) >= 11 is 1.23. The van der Waals surface area contributed by atoms with Crippen molar-refractivity contribution in [2.45, 2.75) is 6.92 Å². The Morgan fingerprint density at radius 3 is 2.62 bits per heavy atom. The molecular formula is C18H15FN2O2S. The summed E-state index contributed by atoms with van der Waals surface area (Å²) in [6.45, 7) is 2.37.